The summed E-state index contributed by atoms with van der Waals surface area (Å²) >= 11 is 19.9. The van der Waals surface area contributed by atoms with Crippen LogP contribution in [0, 0.1) is 3.57 Å². The van der Waals surface area contributed by atoms with E-state index in [-0.39, 0.29) is 26.4 Å². The number of carbonyl (C=O) groups excluding carboxylic acids is 2. The van der Waals surface area contributed by atoms with Gasteiger partial charge in [0.05, 0.1) is 15.7 Å². The van der Waals surface area contributed by atoms with E-state index in [1.807, 2.05) is 30.3 Å². The molecule has 0 unspecified atom stereocenters. The van der Waals surface area contributed by atoms with Crippen LogP contribution in [0.15, 0.2) is 72.3 Å². The van der Waals surface area contributed by atoms with E-state index in [4.69, 9.17) is 40.2 Å². The topological polar surface area (TPSA) is 58.6 Å². The maximum Gasteiger partial charge on any atom is 0.270 e. The number of para-hydroxylation sites is 1. The van der Waals surface area contributed by atoms with E-state index in [2.05, 4.69) is 27.9 Å². The van der Waals surface area contributed by atoms with E-state index >= 15 is 0 Å². The summed E-state index contributed by atoms with van der Waals surface area (Å²) in [5.74, 6) is -0.683. The lowest BCUT2D eigenvalue weighted by Crippen LogP contribution is -2.54. The van der Waals surface area contributed by atoms with Crippen molar-refractivity contribution >= 4 is 86.7 Å². The third-order valence-electron chi connectivity index (χ3n) is 4.80. The van der Waals surface area contributed by atoms with Crippen molar-refractivity contribution in [3.8, 4) is 5.75 Å². The number of anilines is 1. The minimum Gasteiger partial charge on any atom is -0.488 e. The second-order valence-electron chi connectivity index (χ2n) is 6.98. The van der Waals surface area contributed by atoms with Crippen LogP contribution in [0.1, 0.15) is 11.1 Å². The molecule has 3 aromatic rings. The predicted molar refractivity (Wildman–Crippen MR) is 143 cm³/mol. The number of ether oxygens (including phenoxy) is 1. The Labute approximate surface area is 219 Å². The number of nitrogens with one attached hydrogen (secondary N) is 1. The van der Waals surface area contributed by atoms with Gasteiger partial charge >= 0.3 is 0 Å². The van der Waals surface area contributed by atoms with E-state index < -0.39 is 11.8 Å². The van der Waals surface area contributed by atoms with Crippen LogP contribution < -0.4 is 15.0 Å². The molecule has 9 heteroatoms. The predicted octanol–water partition coefficient (Wildman–Crippen LogP) is 6.01. The van der Waals surface area contributed by atoms with Crippen molar-refractivity contribution in [2.24, 2.45) is 0 Å². The van der Waals surface area contributed by atoms with Crippen LogP contribution in [-0.2, 0) is 16.2 Å². The fourth-order valence-electron chi connectivity index (χ4n) is 3.17. The molecule has 0 saturated carbocycles. The summed E-state index contributed by atoms with van der Waals surface area (Å²) in [6, 6.07) is 20.0. The highest BCUT2D eigenvalue weighted by atomic mass is 127. The molecule has 1 heterocycles. The standard InChI is InChI=1S/C24H15Cl2IN2O3S/c25-18-5-3-6-19(21(18)26)29-23(31)17(22(30)28-24(29)33)12-15-4-1-2-7-20(15)32-13-14-8-10-16(27)11-9-14/h1-12H,13H2,(H,28,30,33)/b17-12+. The summed E-state index contributed by atoms with van der Waals surface area (Å²) in [6.45, 7) is 0.339. The molecule has 1 fully saturated rings. The monoisotopic (exact) mass is 608 g/mol. The number of benzene rings is 3. The Morgan fingerprint density at radius 1 is 1.00 bits per heavy atom. The van der Waals surface area contributed by atoms with Crippen molar-refractivity contribution in [3.05, 3.63) is 97.0 Å². The zero-order valence-electron chi connectivity index (χ0n) is 16.8. The molecule has 1 N–H and O–H groups in total. The second-order valence-corrected chi connectivity index (χ2v) is 9.40. The largest absolute Gasteiger partial charge is 0.488 e. The second kappa shape index (κ2) is 10.2. The summed E-state index contributed by atoms with van der Waals surface area (Å²) in [4.78, 5) is 27.1. The molecular weight excluding hydrogens is 594 g/mol. The Morgan fingerprint density at radius 3 is 2.48 bits per heavy atom. The average molecular weight is 609 g/mol. The quantitative estimate of drug-likeness (QED) is 0.167. The first-order valence-electron chi connectivity index (χ1n) is 9.67. The van der Waals surface area contributed by atoms with Gasteiger partial charge in [-0.1, -0.05) is 59.6 Å². The van der Waals surface area contributed by atoms with Crippen molar-refractivity contribution in [2.75, 3.05) is 4.90 Å². The molecule has 1 aliphatic rings. The number of halogens is 3. The number of hydrogen-bond acceptors (Lipinski definition) is 4. The molecule has 0 aromatic heterocycles. The van der Waals surface area contributed by atoms with E-state index in [1.54, 1.807) is 36.4 Å². The van der Waals surface area contributed by atoms with Gasteiger partial charge in [0.1, 0.15) is 17.9 Å². The zero-order valence-corrected chi connectivity index (χ0v) is 21.3. The van der Waals surface area contributed by atoms with Gasteiger partial charge in [-0.2, -0.15) is 0 Å². The first-order chi connectivity index (χ1) is 15.8. The lowest BCUT2D eigenvalue weighted by Gasteiger charge is -2.29. The summed E-state index contributed by atoms with van der Waals surface area (Å²) in [5.41, 5.74) is 1.75. The molecule has 2 amide bonds. The van der Waals surface area contributed by atoms with Crippen molar-refractivity contribution < 1.29 is 14.3 Å². The highest BCUT2D eigenvalue weighted by Crippen LogP contribution is 2.34. The van der Waals surface area contributed by atoms with Crippen molar-refractivity contribution in [3.63, 3.8) is 0 Å². The van der Waals surface area contributed by atoms with Crippen LogP contribution in [0.25, 0.3) is 6.08 Å². The summed E-state index contributed by atoms with van der Waals surface area (Å²) in [6.07, 6.45) is 1.48. The highest BCUT2D eigenvalue weighted by Gasteiger charge is 2.35. The van der Waals surface area contributed by atoms with Gasteiger partial charge in [0.25, 0.3) is 11.8 Å². The molecule has 166 valence electrons. The first kappa shape index (κ1) is 23.7. The fraction of sp³-hybridized carbons (Fsp3) is 0.0417. The van der Waals surface area contributed by atoms with Gasteiger partial charge in [-0.3, -0.25) is 19.8 Å². The molecule has 0 aliphatic carbocycles. The number of rotatable bonds is 5. The van der Waals surface area contributed by atoms with Gasteiger partial charge in [0, 0.05) is 9.13 Å². The highest BCUT2D eigenvalue weighted by molar-refractivity contribution is 14.1. The van der Waals surface area contributed by atoms with Crippen molar-refractivity contribution in [1.29, 1.82) is 0 Å². The fourth-order valence-corrected chi connectivity index (χ4v) is 4.18. The van der Waals surface area contributed by atoms with Crippen molar-refractivity contribution in [2.45, 2.75) is 6.61 Å². The van der Waals surface area contributed by atoms with Crippen LogP contribution >= 0.6 is 58.0 Å². The third kappa shape index (κ3) is 5.22. The summed E-state index contributed by atoms with van der Waals surface area (Å²) in [7, 11) is 0. The molecule has 5 nitrogen and oxygen atoms in total. The molecular formula is C24H15Cl2IN2O3S. The lowest BCUT2D eigenvalue weighted by molar-refractivity contribution is -0.122. The molecule has 1 aliphatic heterocycles. The van der Waals surface area contributed by atoms with Crippen LogP contribution in [-0.4, -0.2) is 16.9 Å². The minimum absolute atomic E-state index is 0.0745. The van der Waals surface area contributed by atoms with Gasteiger partial charge in [0.2, 0.25) is 0 Å². The Balaban J connectivity index is 1.66. The molecule has 33 heavy (non-hydrogen) atoms. The van der Waals surface area contributed by atoms with Crippen LogP contribution in [0.4, 0.5) is 5.69 Å². The number of nitrogens with zero attached hydrogens (tertiary/aromatic N) is 1. The molecule has 1 saturated heterocycles. The van der Waals surface area contributed by atoms with Crippen LogP contribution in [0.5, 0.6) is 5.75 Å². The van der Waals surface area contributed by atoms with Gasteiger partial charge in [-0.15, -0.1) is 0 Å². The van der Waals surface area contributed by atoms with Gasteiger partial charge in [-0.25, -0.2) is 0 Å². The zero-order chi connectivity index (χ0) is 23.5. The third-order valence-corrected chi connectivity index (χ3v) is 6.61. The number of thiocarbonyl (C=S) groups is 1. The molecule has 0 radical (unpaired) electrons. The molecule has 3 aromatic carbocycles. The molecule has 0 bridgehead atoms. The normalized spacial score (nSPS) is 15.1. The van der Waals surface area contributed by atoms with Gasteiger partial charge in [0.15, 0.2) is 5.11 Å². The maximum atomic E-state index is 13.3. The number of carbonyl (C=O) groups is 2. The molecule has 4 rings (SSSR count). The average Bonchev–Trinajstić information content (AvgIpc) is 2.79. The van der Waals surface area contributed by atoms with Crippen molar-refractivity contribution in [1.82, 2.24) is 5.32 Å². The molecule has 0 atom stereocenters. The summed E-state index contributed by atoms with van der Waals surface area (Å²) < 4.78 is 7.10. The Bertz CT molecular complexity index is 1300. The minimum atomic E-state index is -0.611. The smallest absolute Gasteiger partial charge is 0.270 e. The first-order valence-corrected chi connectivity index (χ1v) is 11.9. The van der Waals surface area contributed by atoms with E-state index in [9.17, 15) is 9.59 Å². The van der Waals surface area contributed by atoms with Crippen LogP contribution in [0.2, 0.25) is 10.0 Å². The SMILES string of the molecule is O=C1NC(=S)N(c2cccc(Cl)c2Cl)C(=O)/C1=C/c1ccccc1OCc1ccc(I)cc1. The Hall–Kier alpha value is -2.46. The maximum absolute atomic E-state index is 13.3. The van der Waals surface area contributed by atoms with Gasteiger partial charge < -0.3 is 4.74 Å². The van der Waals surface area contributed by atoms with E-state index in [0.29, 0.717) is 17.9 Å². The van der Waals surface area contributed by atoms with E-state index in [0.717, 1.165) is 14.0 Å². The van der Waals surface area contributed by atoms with E-state index in [1.165, 1.54) is 6.08 Å². The number of amides is 2. The Morgan fingerprint density at radius 2 is 1.73 bits per heavy atom. The van der Waals surface area contributed by atoms with Gasteiger partial charge in [-0.05, 0) is 76.8 Å². The lowest BCUT2D eigenvalue weighted by atomic mass is 10.1. The molecule has 0 spiro atoms. The number of hydrogen-bond donors (Lipinski definition) is 1. The van der Waals surface area contributed by atoms with Crippen LogP contribution in [0.3, 0.4) is 0 Å². The summed E-state index contributed by atoms with van der Waals surface area (Å²) in [5, 5.41) is 2.89. The Kier molecular flexibility index (Phi) is 7.33.